The highest BCUT2D eigenvalue weighted by Crippen LogP contribution is 2.28. The van der Waals surface area contributed by atoms with Crippen LogP contribution >= 0.6 is 0 Å². The number of ether oxygens (including phenoxy) is 4. The molecule has 0 N–H and O–H groups in total. The van der Waals surface area contributed by atoms with Crippen molar-refractivity contribution >= 4 is 11.9 Å². The van der Waals surface area contributed by atoms with Crippen molar-refractivity contribution in [3.8, 4) is 5.75 Å². The van der Waals surface area contributed by atoms with E-state index in [1.807, 2.05) is 6.92 Å². The first-order valence-corrected chi connectivity index (χ1v) is 6.50. The molecule has 0 atom stereocenters. The predicted molar refractivity (Wildman–Crippen MR) is 73.5 cm³/mol. The highest BCUT2D eigenvalue weighted by molar-refractivity contribution is 5.96. The third kappa shape index (κ3) is 3.52. The van der Waals surface area contributed by atoms with E-state index in [0.717, 1.165) is 0 Å². The van der Waals surface area contributed by atoms with Crippen LogP contribution in [0.3, 0.4) is 0 Å². The molecule has 1 aromatic rings. The van der Waals surface area contributed by atoms with E-state index in [1.165, 1.54) is 20.3 Å². The van der Waals surface area contributed by atoms with Gasteiger partial charge in [-0.1, -0.05) is 6.92 Å². The lowest BCUT2D eigenvalue weighted by molar-refractivity contribution is -0.120. The molecular weight excluding hydrogens is 276 g/mol. The maximum Gasteiger partial charge on any atom is 0.338 e. The summed E-state index contributed by atoms with van der Waals surface area (Å²) in [6, 6.07) is 4.50. The Kier molecular flexibility index (Phi) is 4.47. The van der Waals surface area contributed by atoms with Crippen molar-refractivity contribution in [3.05, 3.63) is 29.3 Å². The van der Waals surface area contributed by atoms with E-state index >= 15 is 0 Å². The van der Waals surface area contributed by atoms with Crippen LogP contribution in [0.2, 0.25) is 0 Å². The third-order valence-electron chi connectivity index (χ3n) is 3.24. The highest BCUT2D eigenvalue weighted by atomic mass is 16.5. The Balaban J connectivity index is 2.21. The number of benzene rings is 1. The van der Waals surface area contributed by atoms with Crippen LogP contribution in [-0.2, 0) is 14.2 Å². The smallest absolute Gasteiger partial charge is 0.338 e. The standard InChI is InChI=1S/C15H18O6/c1-15(7-20-8-15)9-21-12-5-10(13(16)18-2)4-11(6-12)14(17)19-3/h4-6H,7-9H2,1-3H3. The summed E-state index contributed by atoms with van der Waals surface area (Å²) in [6.45, 7) is 3.75. The van der Waals surface area contributed by atoms with E-state index in [-0.39, 0.29) is 16.5 Å². The van der Waals surface area contributed by atoms with Crippen LogP contribution in [0, 0.1) is 5.41 Å². The second-order valence-corrected chi connectivity index (χ2v) is 5.32. The van der Waals surface area contributed by atoms with Crippen LogP contribution in [0.5, 0.6) is 5.75 Å². The van der Waals surface area contributed by atoms with E-state index in [2.05, 4.69) is 9.47 Å². The molecule has 6 nitrogen and oxygen atoms in total. The lowest BCUT2D eigenvalue weighted by Gasteiger charge is -2.37. The summed E-state index contributed by atoms with van der Waals surface area (Å²) < 4.78 is 20.2. The van der Waals surface area contributed by atoms with Crippen molar-refractivity contribution in [2.24, 2.45) is 5.41 Å². The molecule has 0 aromatic heterocycles. The molecule has 0 radical (unpaired) electrons. The van der Waals surface area contributed by atoms with Crippen LogP contribution in [0.4, 0.5) is 0 Å². The monoisotopic (exact) mass is 294 g/mol. The molecule has 0 spiro atoms. The fourth-order valence-corrected chi connectivity index (χ4v) is 1.95. The number of rotatable bonds is 5. The van der Waals surface area contributed by atoms with Crippen LogP contribution in [-0.4, -0.2) is 46.0 Å². The fraction of sp³-hybridized carbons (Fsp3) is 0.467. The Bertz CT molecular complexity index is 513. The van der Waals surface area contributed by atoms with Crippen molar-refractivity contribution in [1.29, 1.82) is 0 Å². The summed E-state index contributed by atoms with van der Waals surface area (Å²) in [6.07, 6.45) is 0. The van der Waals surface area contributed by atoms with Gasteiger partial charge in [0.15, 0.2) is 0 Å². The minimum Gasteiger partial charge on any atom is -0.493 e. The van der Waals surface area contributed by atoms with E-state index in [4.69, 9.17) is 9.47 Å². The summed E-state index contributed by atoms with van der Waals surface area (Å²) in [5.74, 6) is -0.654. The number of carbonyl (C=O) groups is 2. The molecule has 1 aromatic carbocycles. The van der Waals surface area contributed by atoms with Crippen LogP contribution in [0.25, 0.3) is 0 Å². The molecule has 1 heterocycles. The second kappa shape index (κ2) is 6.13. The van der Waals surface area contributed by atoms with Crippen molar-refractivity contribution in [2.45, 2.75) is 6.92 Å². The Morgan fingerprint density at radius 3 is 2.00 bits per heavy atom. The maximum absolute atomic E-state index is 11.6. The number of esters is 2. The van der Waals surface area contributed by atoms with Gasteiger partial charge >= 0.3 is 11.9 Å². The quantitative estimate of drug-likeness (QED) is 0.769. The number of methoxy groups -OCH3 is 2. The molecule has 1 aliphatic heterocycles. The predicted octanol–water partition coefficient (Wildman–Crippen LogP) is 1.68. The normalized spacial score (nSPS) is 15.8. The molecule has 1 aliphatic rings. The van der Waals surface area contributed by atoms with Gasteiger partial charge in [-0.2, -0.15) is 0 Å². The molecule has 0 unspecified atom stereocenters. The van der Waals surface area contributed by atoms with Gasteiger partial charge in [-0.15, -0.1) is 0 Å². The third-order valence-corrected chi connectivity index (χ3v) is 3.24. The molecule has 1 saturated heterocycles. The summed E-state index contributed by atoms with van der Waals surface area (Å²) in [5.41, 5.74) is 0.447. The molecule has 0 amide bonds. The van der Waals surface area contributed by atoms with Gasteiger partial charge in [-0.3, -0.25) is 0 Å². The van der Waals surface area contributed by atoms with Crippen LogP contribution < -0.4 is 4.74 Å². The minimum absolute atomic E-state index is 0.0350. The van der Waals surface area contributed by atoms with E-state index in [1.54, 1.807) is 12.1 Å². The first-order valence-electron chi connectivity index (χ1n) is 6.50. The Hall–Kier alpha value is -2.08. The molecule has 0 bridgehead atoms. The lowest BCUT2D eigenvalue weighted by atomic mass is 9.90. The Morgan fingerprint density at radius 1 is 1.10 bits per heavy atom. The average Bonchev–Trinajstić information content (AvgIpc) is 2.49. The minimum atomic E-state index is -0.538. The summed E-state index contributed by atoms with van der Waals surface area (Å²) >= 11 is 0. The van der Waals surface area contributed by atoms with E-state index in [0.29, 0.717) is 25.6 Å². The fourth-order valence-electron chi connectivity index (χ4n) is 1.95. The van der Waals surface area contributed by atoms with E-state index < -0.39 is 11.9 Å². The number of hydrogen-bond donors (Lipinski definition) is 0. The van der Waals surface area contributed by atoms with Gasteiger partial charge in [0, 0.05) is 5.41 Å². The van der Waals surface area contributed by atoms with Gasteiger partial charge in [0.1, 0.15) is 5.75 Å². The van der Waals surface area contributed by atoms with Crippen molar-refractivity contribution in [1.82, 2.24) is 0 Å². The molecule has 114 valence electrons. The zero-order valence-corrected chi connectivity index (χ0v) is 12.3. The topological polar surface area (TPSA) is 71.1 Å². The second-order valence-electron chi connectivity index (χ2n) is 5.32. The summed E-state index contributed by atoms with van der Waals surface area (Å²) in [5, 5.41) is 0. The van der Waals surface area contributed by atoms with Crippen molar-refractivity contribution in [3.63, 3.8) is 0 Å². The molecule has 0 saturated carbocycles. The highest BCUT2D eigenvalue weighted by Gasteiger charge is 2.34. The first-order chi connectivity index (χ1) is 9.97. The molecule has 2 rings (SSSR count). The SMILES string of the molecule is COC(=O)c1cc(OCC2(C)COC2)cc(C(=O)OC)c1. The zero-order chi connectivity index (χ0) is 15.5. The van der Waals surface area contributed by atoms with Gasteiger partial charge in [0.2, 0.25) is 0 Å². The van der Waals surface area contributed by atoms with Crippen LogP contribution in [0.1, 0.15) is 27.6 Å². The molecular formula is C15H18O6. The summed E-state index contributed by atoms with van der Waals surface area (Å²) in [7, 11) is 2.56. The molecule has 21 heavy (non-hydrogen) atoms. The molecule has 6 heteroatoms. The maximum atomic E-state index is 11.6. The van der Waals surface area contributed by atoms with Gasteiger partial charge in [0.05, 0.1) is 45.2 Å². The molecule has 1 fully saturated rings. The molecule has 0 aliphatic carbocycles. The first kappa shape index (κ1) is 15.3. The Morgan fingerprint density at radius 2 is 1.62 bits per heavy atom. The zero-order valence-electron chi connectivity index (χ0n) is 12.3. The van der Waals surface area contributed by atoms with Crippen LogP contribution in [0.15, 0.2) is 18.2 Å². The summed E-state index contributed by atoms with van der Waals surface area (Å²) in [4.78, 5) is 23.3. The Labute approximate surface area is 122 Å². The van der Waals surface area contributed by atoms with E-state index in [9.17, 15) is 9.59 Å². The van der Waals surface area contributed by atoms with Crippen molar-refractivity contribution in [2.75, 3.05) is 34.0 Å². The number of carbonyl (C=O) groups excluding carboxylic acids is 2. The van der Waals surface area contributed by atoms with Crippen molar-refractivity contribution < 1.29 is 28.5 Å². The average molecular weight is 294 g/mol. The lowest BCUT2D eigenvalue weighted by Crippen LogP contribution is -2.44. The van der Waals surface area contributed by atoms with Gasteiger partial charge in [-0.05, 0) is 18.2 Å². The number of hydrogen-bond acceptors (Lipinski definition) is 6. The van der Waals surface area contributed by atoms with Gasteiger partial charge < -0.3 is 18.9 Å². The van der Waals surface area contributed by atoms with Gasteiger partial charge in [-0.25, -0.2) is 9.59 Å². The van der Waals surface area contributed by atoms with Gasteiger partial charge in [0.25, 0.3) is 0 Å². The largest absolute Gasteiger partial charge is 0.493 e.